The molecular formula is C22H17F2N3O. The molecule has 6 heteroatoms. The molecular weight excluding hydrogens is 360 g/mol. The smallest absolute Gasteiger partial charge is 0.320 e. The molecule has 0 aliphatic carbocycles. The number of carbonyl (C=O) groups excluding carboxylic acids is 1. The molecule has 0 aliphatic rings. The number of aromatic nitrogens is 2. The highest BCUT2D eigenvalue weighted by atomic mass is 19.3. The first-order chi connectivity index (χ1) is 13.5. The zero-order valence-corrected chi connectivity index (χ0v) is 15.1. The number of para-hydroxylation sites is 2. The summed E-state index contributed by atoms with van der Waals surface area (Å²) in [6, 6.07) is 20.8. The predicted octanol–water partition coefficient (Wildman–Crippen LogP) is 5.66. The maximum Gasteiger partial charge on any atom is 0.320 e. The number of rotatable bonds is 4. The predicted molar refractivity (Wildman–Crippen MR) is 106 cm³/mol. The van der Waals surface area contributed by atoms with E-state index in [0.29, 0.717) is 27.8 Å². The van der Waals surface area contributed by atoms with Crippen LogP contribution in [0.3, 0.4) is 0 Å². The van der Waals surface area contributed by atoms with Gasteiger partial charge in [-0.25, -0.2) is 4.98 Å². The van der Waals surface area contributed by atoms with Gasteiger partial charge in [-0.1, -0.05) is 29.8 Å². The molecule has 0 fully saturated rings. The minimum absolute atomic E-state index is 0.188. The molecule has 1 amide bonds. The minimum atomic E-state index is -2.71. The lowest BCUT2D eigenvalue weighted by Gasteiger charge is -2.09. The molecule has 0 radical (unpaired) electrons. The van der Waals surface area contributed by atoms with Crippen molar-refractivity contribution in [3.8, 4) is 11.4 Å². The molecule has 28 heavy (non-hydrogen) atoms. The van der Waals surface area contributed by atoms with Crippen LogP contribution in [-0.4, -0.2) is 15.5 Å². The van der Waals surface area contributed by atoms with E-state index >= 15 is 0 Å². The van der Waals surface area contributed by atoms with Gasteiger partial charge in [0.1, 0.15) is 5.82 Å². The molecule has 140 valence electrons. The van der Waals surface area contributed by atoms with Crippen LogP contribution in [0.25, 0.3) is 22.4 Å². The molecule has 0 saturated carbocycles. The topological polar surface area (TPSA) is 46.9 Å². The van der Waals surface area contributed by atoms with Crippen molar-refractivity contribution in [2.45, 2.75) is 13.5 Å². The van der Waals surface area contributed by atoms with E-state index in [-0.39, 0.29) is 11.7 Å². The summed E-state index contributed by atoms with van der Waals surface area (Å²) in [5.74, 6) is -0.0379. The van der Waals surface area contributed by atoms with E-state index < -0.39 is 6.55 Å². The number of benzene rings is 3. The Labute approximate surface area is 160 Å². The van der Waals surface area contributed by atoms with Crippen molar-refractivity contribution in [1.29, 1.82) is 0 Å². The Bertz CT molecular complexity index is 1150. The van der Waals surface area contributed by atoms with E-state index in [1.165, 1.54) is 0 Å². The summed E-state index contributed by atoms with van der Waals surface area (Å²) in [5.41, 5.74) is 3.57. The number of amides is 1. The lowest BCUT2D eigenvalue weighted by molar-refractivity contribution is 0.0764. The highest BCUT2D eigenvalue weighted by Gasteiger charge is 2.18. The summed E-state index contributed by atoms with van der Waals surface area (Å²) < 4.78 is 28.1. The van der Waals surface area contributed by atoms with E-state index in [9.17, 15) is 13.6 Å². The molecule has 0 saturated heterocycles. The SMILES string of the molecule is Cc1cccc(C(=O)Nc2ccc(-c3nc4ccccc4n3C(F)F)cc2)c1. The summed E-state index contributed by atoms with van der Waals surface area (Å²) in [4.78, 5) is 16.7. The second kappa shape index (κ2) is 7.23. The van der Waals surface area contributed by atoms with E-state index in [0.717, 1.165) is 10.1 Å². The van der Waals surface area contributed by atoms with Gasteiger partial charge in [-0.3, -0.25) is 9.36 Å². The van der Waals surface area contributed by atoms with Crippen LogP contribution in [0, 0.1) is 6.92 Å². The number of hydrogen-bond donors (Lipinski definition) is 1. The number of fused-ring (bicyclic) bond motifs is 1. The average Bonchev–Trinajstić information content (AvgIpc) is 3.08. The third-order valence-corrected chi connectivity index (χ3v) is 4.47. The molecule has 4 rings (SSSR count). The fourth-order valence-electron chi connectivity index (χ4n) is 3.14. The number of nitrogens with zero attached hydrogens (tertiary/aromatic N) is 2. The van der Waals surface area contributed by atoms with E-state index in [2.05, 4.69) is 10.3 Å². The number of imidazole rings is 1. The summed E-state index contributed by atoms with van der Waals surface area (Å²) >= 11 is 0. The molecule has 0 bridgehead atoms. The van der Waals surface area contributed by atoms with Crippen LogP contribution in [0.4, 0.5) is 14.5 Å². The quantitative estimate of drug-likeness (QED) is 0.499. The van der Waals surface area contributed by atoms with Crippen molar-refractivity contribution in [3.05, 3.63) is 83.9 Å². The van der Waals surface area contributed by atoms with Crippen molar-refractivity contribution in [3.63, 3.8) is 0 Å². The number of nitrogens with one attached hydrogen (secondary N) is 1. The third kappa shape index (κ3) is 3.36. The van der Waals surface area contributed by atoms with Crippen LogP contribution in [-0.2, 0) is 0 Å². The van der Waals surface area contributed by atoms with Gasteiger partial charge >= 0.3 is 6.55 Å². The Morgan fingerprint density at radius 1 is 1.00 bits per heavy atom. The first-order valence-corrected chi connectivity index (χ1v) is 8.76. The lowest BCUT2D eigenvalue weighted by atomic mass is 10.1. The Balaban J connectivity index is 1.63. The normalized spacial score (nSPS) is 11.1. The summed E-state index contributed by atoms with van der Waals surface area (Å²) in [5, 5.41) is 2.81. The Morgan fingerprint density at radius 3 is 2.46 bits per heavy atom. The van der Waals surface area contributed by atoms with Crippen LogP contribution >= 0.6 is 0 Å². The molecule has 4 aromatic rings. The number of hydrogen-bond acceptors (Lipinski definition) is 2. The Morgan fingerprint density at radius 2 is 1.75 bits per heavy atom. The zero-order valence-electron chi connectivity index (χ0n) is 15.1. The second-order valence-corrected chi connectivity index (χ2v) is 6.47. The number of anilines is 1. The molecule has 1 heterocycles. The van der Waals surface area contributed by atoms with Gasteiger partial charge in [-0.05, 0) is 55.5 Å². The Hall–Kier alpha value is -3.54. The first kappa shape index (κ1) is 17.9. The molecule has 4 nitrogen and oxygen atoms in total. The van der Waals surface area contributed by atoms with E-state index in [4.69, 9.17) is 0 Å². The van der Waals surface area contributed by atoms with Crippen LogP contribution in [0.1, 0.15) is 22.5 Å². The molecule has 3 aromatic carbocycles. The monoisotopic (exact) mass is 377 g/mol. The summed E-state index contributed by atoms with van der Waals surface area (Å²) in [6.07, 6.45) is 0. The summed E-state index contributed by atoms with van der Waals surface area (Å²) in [7, 11) is 0. The number of halogens is 2. The molecule has 0 atom stereocenters. The van der Waals surface area contributed by atoms with Gasteiger partial charge in [0.25, 0.3) is 5.91 Å². The van der Waals surface area contributed by atoms with E-state index in [1.807, 2.05) is 19.1 Å². The molecule has 1 aromatic heterocycles. The fourth-order valence-corrected chi connectivity index (χ4v) is 3.14. The lowest BCUT2D eigenvalue weighted by Crippen LogP contribution is -2.11. The minimum Gasteiger partial charge on any atom is -0.322 e. The number of carbonyl (C=O) groups is 1. The fraction of sp³-hybridized carbons (Fsp3) is 0.0909. The standard InChI is InChI=1S/C22H17F2N3O/c1-14-5-4-6-16(13-14)21(28)25-17-11-9-15(10-12-17)20-26-18-7-2-3-8-19(18)27(20)22(23)24/h2-13,22H,1H3,(H,25,28). The van der Waals surface area contributed by atoms with Gasteiger partial charge in [-0.2, -0.15) is 8.78 Å². The largest absolute Gasteiger partial charge is 0.322 e. The average molecular weight is 377 g/mol. The Kier molecular flexibility index (Phi) is 4.61. The van der Waals surface area contributed by atoms with Crippen molar-refractivity contribution in [2.75, 3.05) is 5.32 Å². The maximum atomic E-state index is 13.6. The van der Waals surface area contributed by atoms with Crippen molar-refractivity contribution in [2.24, 2.45) is 0 Å². The number of aryl methyl sites for hydroxylation is 1. The molecule has 0 aliphatic heterocycles. The van der Waals surface area contributed by atoms with Gasteiger partial charge in [0.2, 0.25) is 0 Å². The van der Waals surface area contributed by atoms with Crippen LogP contribution in [0.5, 0.6) is 0 Å². The van der Waals surface area contributed by atoms with Crippen LogP contribution in [0.15, 0.2) is 72.8 Å². The second-order valence-electron chi connectivity index (χ2n) is 6.47. The van der Waals surface area contributed by atoms with Crippen molar-refractivity contribution >= 4 is 22.6 Å². The van der Waals surface area contributed by atoms with Gasteiger partial charge in [0, 0.05) is 16.8 Å². The van der Waals surface area contributed by atoms with Crippen molar-refractivity contribution < 1.29 is 13.6 Å². The van der Waals surface area contributed by atoms with Crippen LogP contribution in [0.2, 0.25) is 0 Å². The van der Waals surface area contributed by atoms with Gasteiger partial charge in [-0.15, -0.1) is 0 Å². The van der Waals surface area contributed by atoms with Gasteiger partial charge < -0.3 is 5.32 Å². The highest BCUT2D eigenvalue weighted by molar-refractivity contribution is 6.04. The van der Waals surface area contributed by atoms with E-state index in [1.54, 1.807) is 60.7 Å². The number of alkyl halides is 2. The maximum absolute atomic E-state index is 13.6. The van der Waals surface area contributed by atoms with Crippen molar-refractivity contribution in [1.82, 2.24) is 9.55 Å². The van der Waals surface area contributed by atoms with Gasteiger partial charge in [0.05, 0.1) is 11.0 Å². The molecule has 0 unspecified atom stereocenters. The first-order valence-electron chi connectivity index (χ1n) is 8.76. The zero-order chi connectivity index (χ0) is 19.7. The third-order valence-electron chi connectivity index (χ3n) is 4.47. The highest BCUT2D eigenvalue weighted by Crippen LogP contribution is 2.30. The van der Waals surface area contributed by atoms with Crippen LogP contribution < -0.4 is 5.32 Å². The molecule has 1 N–H and O–H groups in total. The summed E-state index contributed by atoms with van der Waals surface area (Å²) in [6.45, 7) is -0.788. The van der Waals surface area contributed by atoms with Gasteiger partial charge in [0.15, 0.2) is 0 Å². The molecule has 0 spiro atoms.